The van der Waals surface area contributed by atoms with Crippen molar-refractivity contribution in [1.29, 1.82) is 0 Å². The van der Waals surface area contributed by atoms with Crippen LogP contribution in [-0.2, 0) is 0 Å². The number of ether oxygens (including phenoxy) is 2. The highest BCUT2D eigenvalue weighted by Crippen LogP contribution is 2.50. The summed E-state index contributed by atoms with van der Waals surface area (Å²) in [4.78, 5) is 0. The van der Waals surface area contributed by atoms with Gasteiger partial charge in [0.05, 0.1) is 16.1 Å². The molecule has 0 heterocycles. The highest BCUT2D eigenvalue weighted by atomic mass is 79.9. The summed E-state index contributed by atoms with van der Waals surface area (Å²) in [5.41, 5.74) is 0.0490. The van der Waals surface area contributed by atoms with Gasteiger partial charge in [0.25, 0.3) is 0 Å². The molecule has 1 aliphatic carbocycles. The summed E-state index contributed by atoms with van der Waals surface area (Å²) in [6.45, 7) is 4.34. The molecular formula is C14H17Br2ClO2. The Morgan fingerprint density at radius 2 is 1.89 bits per heavy atom. The van der Waals surface area contributed by atoms with Crippen molar-refractivity contribution >= 4 is 43.5 Å². The Bertz CT molecular complexity index is 481. The van der Waals surface area contributed by atoms with Crippen LogP contribution < -0.4 is 9.47 Å². The predicted molar refractivity (Wildman–Crippen MR) is 85.5 cm³/mol. The predicted octanol–water partition coefficient (Wildman–Crippen LogP) is 5.40. The summed E-state index contributed by atoms with van der Waals surface area (Å²) >= 11 is 13.3. The molecule has 1 aromatic carbocycles. The van der Waals surface area contributed by atoms with E-state index in [0.29, 0.717) is 0 Å². The zero-order chi connectivity index (χ0) is 14.2. The first-order valence-corrected chi connectivity index (χ1v) is 8.28. The van der Waals surface area contributed by atoms with E-state index in [4.69, 9.17) is 21.1 Å². The third-order valence-corrected chi connectivity index (χ3v) is 6.03. The normalized spacial score (nSPS) is 29.8. The highest BCUT2D eigenvalue weighted by molar-refractivity contribution is 9.11. The summed E-state index contributed by atoms with van der Waals surface area (Å²) in [7, 11) is 1.64. The lowest BCUT2D eigenvalue weighted by molar-refractivity contribution is -0.0299. The number of hydrogen-bond donors (Lipinski definition) is 0. The van der Waals surface area contributed by atoms with E-state index in [1.165, 1.54) is 0 Å². The topological polar surface area (TPSA) is 18.5 Å². The first-order valence-electron chi connectivity index (χ1n) is 6.26. The lowest BCUT2D eigenvalue weighted by atomic mass is 9.65. The molecular weight excluding hydrogens is 395 g/mol. The van der Waals surface area contributed by atoms with Gasteiger partial charge in [-0.3, -0.25) is 0 Å². The largest absolute Gasteiger partial charge is 0.496 e. The standard InChI is InChI=1S/C14H17Br2ClO2/c1-4-14(2)12(17)7-13(14)19-11-6-8(15)10(18-3)5-9(11)16/h5-6,12-13H,4,7H2,1-3H3. The van der Waals surface area contributed by atoms with Crippen molar-refractivity contribution in [3.05, 3.63) is 21.1 Å². The van der Waals surface area contributed by atoms with Crippen LogP contribution in [-0.4, -0.2) is 18.6 Å². The second-order valence-corrected chi connectivity index (χ2v) is 7.32. The van der Waals surface area contributed by atoms with Crippen molar-refractivity contribution in [3.63, 3.8) is 0 Å². The fourth-order valence-corrected chi connectivity index (χ4v) is 3.67. The number of rotatable bonds is 4. The zero-order valence-corrected chi connectivity index (χ0v) is 15.1. The Morgan fingerprint density at radius 1 is 1.32 bits per heavy atom. The van der Waals surface area contributed by atoms with E-state index in [1.54, 1.807) is 7.11 Å². The van der Waals surface area contributed by atoms with Crippen molar-refractivity contribution in [2.45, 2.75) is 38.2 Å². The molecule has 3 atom stereocenters. The molecule has 3 unspecified atom stereocenters. The molecule has 1 aromatic rings. The van der Waals surface area contributed by atoms with E-state index in [2.05, 4.69) is 45.7 Å². The van der Waals surface area contributed by atoms with Crippen molar-refractivity contribution in [1.82, 2.24) is 0 Å². The fourth-order valence-electron chi connectivity index (χ4n) is 2.31. The van der Waals surface area contributed by atoms with Crippen LogP contribution >= 0.6 is 43.5 Å². The van der Waals surface area contributed by atoms with Gasteiger partial charge in [0.2, 0.25) is 0 Å². The minimum absolute atomic E-state index is 0.0490. The van der Waals surface area contributed by atoms with Gasteiger partial charge in [-0.05, 0) is 50.4 Å². The third-order valence-electron chi connectivity index (χ3n) is 4.11. The Balaban J connectivity index is 2.19. The van der Waals surface area contributed by atoms with Gasteiger partial charge in [0.1, 0.15) is 17.6 Å². The van der Waals surface area contributed by atoms with Crippen molar-refractivity contribution in [2.75, 3.05) is 7.11 Å². The van der Waals surface area contributed by atoms with Crippen LogP contribution in [0.3, 0.4) is 0 Å². The second-order valence-electron chi connectivity index (χ2n) is 5.09. The second kappa shape index (κ2) is 5.82. The summed E-state index contributed by atoms with van der Waals surface area (Å²) < 4.78 is 13.1. The van der Waals surface area contributed by atoms with Gasteiger partial charge in [-0.25, -0.2) is 0 Å². The van der Waals surface area contributed by atoms with E-state index in [1.807, 2.05) is 12.1 Å². The fraction of sp³-hybridized carbons (Fsp3) is 0.571. The van der Waals surface area contributed by atoms with E-state index in [0.717, 1.165) is 33.3 Å². The maximum atomic E-state index is 6.32. The summed E-state index contributed by atoms with van der Waals surface area (Å²) in [6, 6.07) is 3.83. The number of alkyl halides is 1. The summed E-state index contributed by atoms with van der Waals surface area (Å²) in [6.07, 6.45) is 2.07. The van der Waals surface area contributed by atoms with Gasteiger partial charge in [0, 0.05) is 17.2 Å². The molecule has 2 rings (SSSR count). The minimum atomic E-state index is 0.0490. The average molecular weight is 413 g/mol. The maximum Gasteiger partial charge on any atom is 0.135 e. The number of hydrogen-bond acceptors (Lipinski definition) is 2. The summed E-state index contributed by atoms with van der Waals surface area (Å²) in [5, 5.41) is 0.197. The molecule has 0 N–H and O–H groups in total. The van der Waals surface area contributed by atoms with Gasteiger partial charge in [-0.2, -0.15) is 0 Å². The number of halogens is 3. The quantitative estimate of drug-likeness (QED) is 0.617. The van der Waals surface area contributed by atoms with E-state index >= 15 is 0 Å². The van der Waals surface area contributed by atoms with E-state index in [-0.39, 0.29) is 16.9 Å². The third kappa shape index (κ3) is 2.77. The summed E-state index contributed by atoms with van der Waals surface area (Å²) in [5.74, 6) is 1.60. The van der Waals surface area contributed by atoms with E-state index in [9.17, 15) is 0 Å². The molecule has 5 heteroatoms. The van der Waals surface area contributed by atoms with Crippen molar-refractivity contribution in [3.8, 4) is 11.5 Å². The van der Waals surface area contributed by atoms with Crippen LogP contribution in [0.4, 0.5) is 0 Å². The maximum absolute atomic E-state index is 6.32. The van der Waals surface area contributed by atoms with Crippen LogP contribution in [0.25, 0.3) is 0 Å². The smallest absolute Gasteiger partial charge is 0.135 e. The Labute approximate surface area is 136 Å². The van der Waals surface area contributed by atoms with Gasteiger partial charge < -0.3 is 9.47 Å². The molecule has 0 aliphatic heterocycles. The SMILES string of the molecule is CCC1(C)C(Cl)CC1Oc1cc(Br)c(OC)cc1Br. The van der Waals surface area contributed by atoms with Gasteiger partial charge >= 0.3 is 0 Å². The van der Waals surface area contributed by atoms with Crippen molar-refractivity contribution < 1.29 is 9.47 Å². The first kappa shape index (κ1) is 15.5. The van der Waals surface area contributed by atoms with Crippen LogP contribution in [0.1, 0.15) is 26.7 Å². The van der Waals surface area contributed by atoms with Gasteiger partial charge in [0.15, 0.2) is 0 Å². The minimum Gasteiger partial charge on any atom is -0.496 e. The monoisotopic (exact) mass is 410 g/mol. The Hall–Kier alpha value is 0.0700. The van der Waals surface area contributed by atoms with Crippen LogP contribution in [0.15, 0.2) is 21.1 Å². The highest BCUT2D eigenvalue weighted by Gasteiger charge is 2.51. The number of methoxy groups -OCH3 is 1. The van der Waals surface area contributed by atoms with E-state index < -0.39 is 0 Å². The zero-order valence-electron chi connectivity index (χ0n) is 11.2. The molecule has 0 bridgehead atoms. The lowest BCUT2D eigenvalue weighted by Crippen LogP contribution is -2.55. The molecule has 1 aliphatic rings. The molecule has 0 radical (unpaired) electrons. The molecule has 106 valence electrons. The first-order chi connectivity index (χ1) is 8.92. The molecule has 2 nitrogen and oxygen atoms in total. The molecule has 0 aromatic heterocycles. The Kier molecular flexibility index (Phi) is 4.74. The molecule has 1 fully saturated rings. The molecule has 0 spiro atoms. The van der Waals surface area contributed by atoms with Gasteiger partial charge in [-0.15, -0.1) is 11.6 Å². The Morgan fingerprint density at radius 3 is 2.42 bits per heavy atom. The van der Waals surface area contributed by atoms with Crippen LogP contribution in [0.2, 0.25) is 0 Å². The molecule has 19 heavy (non-hydrogen) atoms. The van der Waals surface area contributed by atoms with Gasteiger partial charge in [-0.1, -0.05) is 13.8 Å². The lowest BCUT2D eigenvalue weighted by Gasteiger charge is -2.50. The van der Waals surface area contributed by atoms with Crippen molar-refractivity contribution in [2.24, 2.45) is 5.41 Å². The van der Waals surface area contributed by atoms with Crippen LogP contribution in [0, 0.1) is 5.41 Å². The molecule has 1 saturated carbocycles. The molecule has 0 saturated heterocycles. The number of benzene rings is 1. The molecule has 0 amide bonds. The van der Waals surface area contributed by atoms with Crippen LogP contribution in [0.5, 0.6) is 11.5 Å². The average Bonchev–Trinajstić information content (AvgIpc) is 2.40.